The SMILES string of the molecule is CCC(NC(=O)C[C@@H]1CCC[C@H]1N)C1CN(Cc2ccccc2)CCO1. The molecule has 1 aliphatic heterocycles. The van der Waals surface area contributed by atoms with Crippen molar-refractivity contribution in [1.29, 1.82) is 0 Å². The van der Waals surface area contributed by atoms with Gasteiger partial charge < -0.3 is 15.8 Å². The molecule has 0 radical (unpaired) electrons. The fraction of sp³-hybridized carbons (Fsp3) is 0.667. The average Bonchev–Trinajstić information content (AvgIpc) is 3.05. The second kappa shape index (κ2) is 9.49. The third-order valence-corrected chi connectivity index (χ3v) is 5.83. The molecule has 144 valence electrons. The molecule has 2 unspecified atom stereocenters. The van der Waals surface area contributed by atoms with Gasteiger partial charge in [0.15, 0.2) is 0 Å². The quantitative estimate of drug-likeness (QED) is 0.784. The van der Waals surface area contributed by atoms with Crippen LogP contribution < -0.4 is 11.1 Å². The number of hydrogen-bond acceptors (Lipinski definition) is 4. The number of hydrogen-bond donors (Lipinski definition) is 2. The van der Waals surface area contributed by atoms with Crippen LogP contribution >= 0.6 is 0 Å². The summed E-state index contributed by atoms with van der Waals surface area (Å²) < 4.78 is 6.01. The first kappa shape index (κ1) is 19.3. The van der Waals surface area contributed by atoms with Crippen LogP contribution in [0.15, 0.2) is 30.3 Å². The molecule has 3 N–H and O–H groups in total. The van der Waals surface area contributed by atoms with Crippen LogP contribution in [-0.4, -0.2) is 48.7 Å². The van der Waals surface area contributed by atoms with E-state index in [1.807, 2.05) is 6.07 Å². The van der Waals surface area contributed by atoms with E-state index in [4.69, 9.17) is 10.5 Å². The molecular weight excluding hydrogens is 326 g/mol. The highest BCUT2D eigenvalue weighted by molar-refractivity contribution is 5.76. The first-order valence-electron chi connectivity index (χ1n) is 10.1. The first-order valence-corrected chi connectivity index (χ1v) is 10.1. The number of carbonyl (C=O) groups is 1. The summed E-state index contributed by atoms with van der Waals surface area (Å²) in [5.74, 6) is 0.470. The Morgan fingerprint density at radius 3 is 2.85 bits per heavy atom. The molecule has 5 nitrogen and oxygen atoms in total. The summed E-state index contributed by atoms with van der Waals surface area (Å²) in [7, 11) is 0. The molecule has 0 bridgehead atoms. The number of ether oxygens (including phenoxy) is 1. The third kappa shape index (κ3) is 5.29. The molecule has 2 aliphatic rings. The molecule has 1 aromatic carbocycles. The predicted molar refractivity (Wildman–Crippen MR) is 104 cm³/mol. The molecule has 1 saturated heterocycles. The van der Waals surface area contributed by atoms with Crippen molar-refractivity contribution in [3.63, 3.8) is 0 Å². The van der Waals surface area contributed by atoms with Gasteiger partial charge in [-0.2, -0.15) is 0 Å². The number of morpholine rings is 1. The van der Waals surface area contributed by atoms with E-state index in [-0.39, 0.29) is 24.1 Å². The summed E-state index contributed by atoms with van der Waals surface area (Å²) in [4.78, 5) is 14.9. The Morgan fingerprint density at radius 1 is 1.35 bits per heavy atom. The van der Waals surface area contributed by atoms with Crippen molar-refractivity contribution in [3.05, 3.63) is 35.9 Å². The van der Waals surface area contributed by atoms with E-state index in [0.29, 0.717) is 12.3 Å². The summed E-state index contributed by atoms with van der Waals surface area (Å²) in [5, 5.41) is 3.22. The minimum atomic E-state index is 0.0543. The fourth-order valence-electron chi connectivity index (χ4n) is 4.24. The van der Waals surface area contributed by atoms with E-state index in [1.165, 1.54) is 5.56 Å². The van der Waals surface area contributed by atoms with Crippen LogP contribution in [0.25, 0.3) is 0 Å². The fourth-order valence-corrected chi connectivity index (χ4v) is 4.24. The average molecular weight is 360 g/mol. The molecule has 5 heteroatoms. The van der Waals surface area contributed by atoms with Crippen LogP contribution in [0.1, 0.15) is 44.6 Å². The monoisotopic (exact) mass is 359 g/mol. The standard InChI is InChI=1S/C21H33N3O2/c1-2-19(23-21(25)13-17-9-6-10-18(17)22)20-15-24(11-12-26-20)14-16-7-4-3-5-8-16/h3-5,7-8,17-20H,2,6,9-15,22H2,1H3,(H,23,25)/t17-,18+,19?,20?/m0/s1. The van der Waals surface area contributed by atoms with Crippen molar-refractivity contribution in [2.75, 3.05) is 19.7 Å². The lowest BCUT2D eigenvalue weighted by molar-refractivity contribution is -0.125. The van der Waals surface area contributed by atoms with Crippen molar-refractivity contribution >= 4 is 5.91 Å². The Bertz CT molecular complexity index is 566. The molecule has 1 aromatic rings. The van der Waals surface area contributed by atoms with Gasteiger partial charge in [0.2, 0.25) is 5.91 Å². The molecule has 3 rings (SSSR count). The number of nitrogens with zero attached hydrogens (tertiary/aromatic N) is 1. The van der Waals surface area contributed by atoms with Crippen molar-refractivity contribution in [1.82, 2.24) is 10.2 Å². The van der Waals surface area contributed by atoms with Crippen LogP contribution in [0.2, 0.25) is 0 Å². The zero-order valence-corrected chi connectivity index (χ0v) is 15.9. The maximum Gasteiger partial charge on any atom is 0.220 e. The summed E-state index contributed by atoms with van der Waals surface area (Å²) in [5.41, 5.74) is 7.43. The molecule has 0 aromatic heterocycles. The lowest BCUT2D eigenvalue weighted by Crippen LogP contribution is -2.53. The molecule has 1 aliphatic carbocycles. The van der Waals surface area contributed by atoms with Crippen LogP contribution in [0, 0.1) is 5.92 Å². The van der Waals surface area contributed by atoms with E-state index < -0.39 is 0 Å². The normalized spacial score (nSPS) is 28.0. The number of benzene rings is 1. The summed E-state index contributed by atoms with van der Waals surface area (Å²) in [6.07, 6.45) is 4.77. The zero-order valence-electron chi connectivity index (χ0n) is 15.9. The second-order valence-corrected chi connectivity index (χ2v) is 7.77. The third-order valence-electron chi connectivity index (χ3n) is 5.83. The largest absolute Gasteiger partial charge is 0.373 e. The maximum absolute atomic E-state index is 12.5. The van der Waals surface area contributed by atoms with Gasteiger partial charge in [0, 0.05) is 32.1 Å². The van der Waals surface area contributed by atoms with E-state index in [2.05, 4.69) is 41.4 Å². The van der Waals surface area contributed by atoms with Crippen molar-refractivity contribution in [2.24, 2.45) is 11.7 Å². The summed E-state index contributed by atoms with van der Waals surface area (Å²) in [6.45, 7) is 5.56. The lowest BCUT2D eigenvalue weighted by atomic mass is 9.99. The Balaban J connectivity index is 1.51. The maximum atomic E-state index is 12.5. The van der Waals surface area contributed by atoms with Gasteiger partial charge in [-0.05, 0) is 30.7 Å². The number of carbonyl (C=O) groups excluding carboxylic acids is 1. The topological polar surface area (TPSA) is 67.6 Å². The highest BCUT2D eigenvalue weighted by Crippen LogP contribution is 2.26. The van der Waals surface area contributed by atoms with Gasteiger partial charge in [-0.3, -0.25) is 9.69 Å². The van der Waals surface area contributed by atoms with Gasteiger partial charge in [-0.15, -0.1) is 0 Å². The van der Waals surface area contributed by atoms with Gasteiger partial charge in [-0.25, -0.2) is 0 Å². The molecule has 1 heterocycles. The van der Waals surface area contributed by atoms with Gasteiger partial charge in [0.1, 0.15) is 0 Å². The molecule has 0 spiro atoms. The minimum Gasteiger partial charge on any atom is -0.373 e. The molecule has 26 heavy (non-hydrogen) atoms. The predicted octanol–water partition coefficient (Wildman–Crippen LogP) is 2.30. The zero-order chi connectivity index (χ0) is 18.4. The van der Waals surface area contributed by atoms with Crippen LogP contribution in [0.4, 0.5) is 0 Å². The molecule has 2 fully saturated rings. The number of nitrogens with two attached hydrogens (primary N) is 1. The van der Waals surface area contributed by atoms with E-state index in [1.54, 1.807) is 0 Å². The first-order chi connectivity index (χ1) is 12.7. The Kier molecular flexibility index (Phi) is 7.06. The van der Waals surface area contributed by atoms with E-state index in [0.717, 1.165) is 51.9 Å². The number of rotatable bonds is 7. The molecule has 4 atom stereocenters. The smallest absolute Gasteiger partial charge is 0.220 e. The lowest BCUT2D eigenvalue weighted by Gasteiger charge is -2.37. The minimum absolute atomic E-state index is 0.0543. The summed E-state index contributed by atoms with van der Waals surface area (Å²) >= 11 is 0. The Labute approximate surface area is 157 Å². The van der Waals surface area contributed by atoms with E-state index in [9.17, 15) is 4.79 Å². The molecular formula is C21H33N3O2. The number of amides is 1. The molecule has 1 saturated carbocycles. The highest BCUT2D eigenvalue weighted by atomic mass is 16.5. The van der Waals surface area contributed by atoms with E-state index >= 15 is 0 Å². The van der Waals surface area contributed by atoms with Gasteiger partial charge in [0.25, 0.3) is 0 Å². The van der Waals surface area contributed by atoms with Crippen LogP contribution in [0.5, 0.6) is 0 Å². The van der Waals surface area contributed by atoms with Gasteiger partial charge >= 0.3 is 0 Å². The van der Waals surface area contributed by atoms with Crippen molar-refractivity contribution < 1.29 is 9.53 Å². The number of nitrogens with one attached hydrogen (secondary N) is 1. The Morgan fingerprint density at radius 2 is 2.15 bits per heavy atom. The highest BCUT2D eigenvalue weighted by Gasteiger charge is 2.30. The van der Waals surface area contributed by atoms with Crippen LogP contribution in [-0.2, 0) is 16.1 Å². The second-order valence-electron chi connectivity index (χ2n) is 7.77. The van der Waals surface area contributed by atoms with Crippen molar-refractivity contribution in [2.45, 2.75) is 63.8 Å². The molecule has 1 amide bonds. The Hall–Kier alpha value is -1.43. The summed E-state index contributed by atoms with van der Waals surface area (Å²) in [6, 6.07) is 10.8. The van der Waals surface area contributed by atoms with Crippen LogP contribution in [0.3, 0.4) is 0 Å². The van der Waals surface area contributed by atoms with Crippen molar-refractivity contribution in [3.8, 4) is 0 Å². The van der Waals surface area contributed by atoms with Gasteiger partial charge in [-0.1, -0.05) is 43.7 Å². The van der Waals surface area contributed by atoms with Gasteiger partial charge in [0.05, 0.1) is 18.8 Å².